The fourth-order valence-corrected chi connectivity index (χ4v) is 5.46. The van der Waals surface area contributed by atoms with Crippen LogP contribution < -0.4 is 5.46 Å². The van der Waals surface area contributed by atoms with Gasteiger partial charge in [-0.15, -0.1) is 0 Å². The maximum atomic E-state index is 9.89. The Morgan fingerprint density at radius 2 is 1.07 bits per heavy atom. The van der Waals surface area contributed by atoms with Gasteiger partial charge in [0.1, 0.15) is 0 Å². The van der Waals surface area contributed by atoms with E-state index in [2.05, 4.69) is 77.4 Å². The van der Waals surface area contributed by atoms with E-state index < -0.39 is 7.12 Å². The van der Waals surface area contributed by atoms with Gasteiger partial charge in [-0.25, -0.2) is 4.98 Å². The zero-order chi connectivity index (χ0) is 27.1. The van der Waals surface area contributed by atoms with Crippen LogP contribution in [0.15, 0.2) is 140 Å². The first kappa shape index (κ1) is 24.1. The number of benzene rings is 5. The van der Waals surface area contributed by atoms with E-state index in [0.29, 0.717) is 5.46 Å². The van der Waals surface area contributed by atoms with Crippen molar-refractivity contribution in [2.45, 2.75) is 0 Å². The molecule has 5 aromatic carbocycles. The number of rotatable bonds is 5. The summed E-state index contributed by atoms with van der Waals surface area (Å²) < 4.78 is 2.19. The Kier molecular flexibility index (Phi) is 6.01. The van der Waals surface area contributed by atoms with E-state index >= 15 is 0 Å². The maximum Gasteiger partial charge on any atom is 0.488 e. The van der Waals surface area contributed by atoms with Crippen molar-refractivity contribution in [1.29, 1.82) is 0 Å². The average molecular weight is 516 g/mol. The number of fused-ring (bicyclic) bond motifs is 3. The Morgan fingerprint density at radius 3 is 1.75 bits per heavy atom. The molecule has 7 aromatic rings. The molecule has 0 fully saturated rings. The molecule has 0 amide bonds. The lowest BCUT2D eigenvalue weighted by molar-refractivity contribution is 0.426. The van der Waals surface area contributed by atoms with E-state index in [1.807, 2.05) is 60.7 Å². The van der Waals surface area contributed by atoms with Crippen LogP contribution >= 0.6 is 0 Å². The molecule has 0 atom stereocenters. The molecule has 0 aliphatic carbocycles. The van der Waals surface area contributed by atoms with Crippen LogP contribution in [-0.2, 0) is 0 Å². The summed E-state index contributed by atoms with van der Waals surface area (Å²) in [6.07, 6.45) is 0. The average Bonchev–Trinajstić information content (AvgIpc) is 3.35. The second-order valence-corrected chi connectivity index (χ2v) is 9.91. The topological polar surface area (TPSA) is 58.3 Å². The molecule has 0 bridgehead atoms. The molecule has 2 N–H and O–H groups in total. The number of hydrogen-bond donors (Lipinski definition) is 2. The van der Waals surface area contributed by atoms with Crippen LogP contribution in [-0.4, -0.2) is 26.7 Å². The predicted molar refractivity (Wildman–Crippen MR) is 165 cm³/mol. The second kappa shape index (κ2) is 9.97. The van der Waals surface area contributed by atoms with Crippen molar-refractivity contribution in [2.24, 2.45) is 0 Å². The summed E-state index contributed by atoms with van der Waals surface area (Å²) in [4.78, 5) is 5.03. The smallest absolute Gasteiger partial charge is 0.423 e. The minimum atomic E-state index is -1.54. The highest BCUT2D eigenvalue weighted by molar-refractivity contribution is 6.59. The molecule has 0 saturated heterocycles. The van der Waals surface area contributed by atoms with Crippen LogP contribution in [0.25, 0.3) is 61.1 Å². The summed E-state index contributed by atoms with van der Waals surface area (Å²) in [6, 6.07) is 47.1. The highest BCUT2D eigenvalue weighted by atomic mass is 16.4. The SMILES string of the molecule is OB(O)c1ccc2c3ccccc3n(-c3cccc(-c4cc(-c5ccccc5)nc(-c5ccccc5)c4)c3)c2c1. The van der Waals surface area contributed by atoms with E-state index in [1.165, 1.54) is 0 Å². The molecule has 40 heavy (non-hydrogen) atoms. The molecule has 0 radical (unpaired) electrons. The molecule has 0 aliphatic rings. The summed E-state index contributed by atoms with van der Waals surface area (Å²) in [5.74, 6) is 0. The summed E-state index contributed by atoms with van der Waals surface area (Å²) >= 11 is 0. The van der Waals surface area contributed by atoms with Crippen molar-refractivity contribution >= 4 is 34.4 Å². The van der Waals surface area contributed by atoms with E-state index in [1.54, 1.807) is 6.07 Å². The van der Waals surface area contributed by atoms with E-state index in [-0.39, 0.29) is 0 Å². The van der Waals surface area contributed by atoms with Crippen LogP contribution in [0.4, 0.5) is 0 Å². The largest absolute Gasteiger partial charge is 0.488 e. The Labute approximate surface area is 232 Å². The third kappa shape index (κ3) is 4.28. The zero-order valence-corrected chi connectivity index (χ0v) is 21.6. The van der Waals surface area contributed by atoms with E-state index in [0.717, 1.165) is 61.1 Å². The number of aromatic nitrogens is 2. The van der Waals surface area contributed by atoms with Crippen LogP contribution in [0.1, 0.15) is 0 Å². The molecule has 0 aliphatic heterocycles. The summed E-state index contributed by atoms with van der Waals surface area (Å²) in [5.41, 5.74) is 9.54. The highest BCUT2D eigenvalue weighted by Gasteiger charge is 2.17. The molecule has 0 unspecified atom stereocenters. The van der Waals surface area contributed by atoms with Gasteiger partial charge in [0.25, 0.3) is 0 Å². The molecule has 0 spiro atoms. The van der Waals surface area contributed by atoms with Crippen LogP contribution in [0, 0.1) is 0 Å². The number of pyridine rings is 1. The standard InChI is InChI=1S/C35H25BN2O2/c39-36(40)28-18-19-31-30-16-7-8-17-34(30)38(35(31)23-28)29-15-9-14-26(20-29)27-21-32(24-10-3-1-4-11-24)37-33(22-27)25-12-5-2-6-13-25/h1-23,39-40H. The minimum Gasteiger partial charge on any atom is -0.423 e. The molecule has 5 heteroatoms. The van der Waals surface area contributed by atoms with Gasteiger partial charge in [-0.05, 0) is 53.0 Å². The zero-order valence-electron chi connectivity index (χ0n) is 21.6. The highest BCUT2D eigenvalue weighted by Crippen LogP contribution is 2.34. The third-order valence-corrected chi connectivity index (χ3v) is 7.40. The van der Waals surface area contributed by atoms with Crippen LogP contribution in [0.2, 0.25) is 0 Å². The Bertz CT molecular complexity index is 1920. The van der Waals surface area contributed by atoms with Gasteiger partial charge in [0, 0.05) is 27.6 Å². The summed E-state index contributed by atoms with van der Waals surface area (Å²) in [6.45, 7) is 0. The van der Waals surface area contributed by atoms with Crippen molar-refractivity contribution in [3.05, 3.63) is 140 Å². The molecule has 190 valence electrons. The van der Waals surface area contributed by atoms with Gasteiger partial charge in [-0.2, -0.15) is 0 Å². The van der Waals surface area contributed by atoms with Gasteiger partial charge < -0.3 is 14.6 Å². The normalized spacial score (nSPS) is 11.2. The van der Waals surface area contributed by atoms with Crippen molar-refractivity contribution in [1.82, 2.24) is 9.55 Å². The van der Waals surface area contributed by atoms with Gasteiger partial charge in [-0.3, -0.25) is 0 Å². The van der Waals surface area contributed by atoms with Gasteiger partial charge in [0.05, 0.1) is 22.4 Å². The van der Waals surface area contributed by atoms with E-state index in [4.69, 9.17) is 4.98 Å². The third-order valence-electron chi connectivity index (χ3n) is 7.40. The fourth-order valence-electron chi connectivity index (χ4n) is 5.46. The fraction of sp³-hybridized carbons (Fsp3) is 0. The first-order chi connectivity index (χ1) is 19.7. The quantitative estimate of drug-likeness (QED) is 0.246. The Hall–Kier alpha value is -4.97. The molecule has 0 saturated carbocycles. The first-order valence-electron chi connectivity index (χ1n) is 13.3. The second-order valence-electron chi connectivity index (χ2n) is 9.91. The molecular formula is C35H25BN2O2. The lowest BCUT2D eigenvalue weighted by Gasteiger charge is -2.13. The van der Waals surface area contributed by atoms with Gasteiger partial charge in [0.15, 0.2) is 0 Å². The number of hydrogen-bond acceptors (Lipinski definition) is 3. The predicted octanol–water partition coefficient (Wildman–Crippen LogP) is 6.86. The summed E-state index contributed by atoms with van der Waals surface area (Å²) in [7, 11) is -1.54. The van der Waals surface area contributed by atoms with Crippen molar-refractivity contribution in [3.63, 3.8) is 0 Å². The molecule has 2 heterocycles. The monoisotopic (exact) mass is 516 g/mol. The lowest BCUT2D eigenvalue weighted by atomic mass is 9.80. The van der Waals surface area contributed by atoms with Gasteiger partial charge in [0.2, 0.25) is 0 Å². The van der Waals surface area contributed by atoms with Crippen molar-refractivity contribution in [3.8, 4) is 39.3 Å². The van der Waals surface area contributed by atoms with Crippen molar-refractivity contribution in [2.75, 3.05) is 0 Å². The molecule has 7 rings (SSSR count). The molecule has 4 nitrogen and oxygen atoms in total. The summed E-state index contributed by atoms with van der Waals surface area (Å²) in [5, 5.41) is 22.0. The number of para-hydroxylation sites is 1. The van der Waals surface area contributed by atoms with Gasteiger partial charge >= 0.3 is 7.12 Å². The first-order valence-corrected chi connectivity index (χ1v) is 13.3. The van der Waals surface area contributed by atoms with Gasteiger partial charge in [-0.1, -0.05) is 103 Å². The Morgan fingerprint density at radius 1 is 0.475 bits per heavy atom. The maximum absolute atomic E-state index is 9.89. The van der Waals surface area contributed by atoms with E-state index in [9.17, 15) is 10.0 Å². The van der Waals surface area contributed by atoms with Crippen LogP contribution in [0.3, 0.4) is 0 Å². The van der Waals surface area contributed by atoms with Crippen molar-refractivity contribution < 1.29 is 10.0 Å². The lowest BCUT2D eigenvalue weighted by Crippen LogP contribution is -2.29. The minimum absolute atomic E-state index is 0.460. The van der Waals surface area contributed by atoms with Crippen LogP contribution in [0.5, 0.6) is 0 Å². The number of nitrogens with zero attached hydrogens (tertiary/aromatic N) is 2. The Balaban J connectivity index is 1.44. The molecule has 2 aromatic heterocycles. The molecular weight excluding hydrogens is 491 g/mol.